The molecule has 0 radical (unpaired) electrons. The first-order valence-corrected chi connectivity index (χ1v) is 6.74. The number of methoxy groups -OCH3 is 1. The van der Waals surface area contributed by atoms with Gasteiger partial charge in [-0.25, -0.2) is 9.18 Å². The third-order valence-corrected chi connectivity index (χ3v) is 2.79. The van der Waals surface area contributed by atoms with Gasteiger partial charge in [0.25, 0.3) is 0 Å². The number of hydrogen-bond donors (Lipinski definition) is 0. The molecule has 0 aromatic carbocycles. The van der Waals surface area contributed by atoms with Crippen LogP contribution in [-0.2, 0) is 9.53 Å². The predicted molar refractivity (Wildman–Crippen MR) is 68.9 cm³/mol. The Morgan fingerprint density at radius 1 is 1.12 bits per heavy atom. The maximum Gasteiger partial charge on any atom is 0.333 e. The Balaban J connectivity index is 3.33. The smallest absolute Gasteiger partial charge is 0.333 e. The lowest BCUT2D eigenvalue weighted by Crippen LogP contribution is -1.95. The van der Waals surface area contributed by atoms with E-state index >= 15 is 0 Å². The van der Waals surface area contributed by atoms with Gasteiger partial charge in [-0.15, -0.1) is 11.6 Å². The standard InChI is InChI=1S/C13H22ClFO2/c1-17-13(16)11-12(15)9-7-5-3-2-4-6-8-10-14/h11H,2-10H2,1H3/b12-11-. The summed E-state index contributed by atoms with van der Waals surface area (Å²) in [6.07, 6.45) is 8.80. The minimum atomic E-state index is -0.622. The van der Waals surface area contributed by atoms with Gasteiger partial charge < -0.3 is 4.74 Å². The van der Waals surface area contributed by atoms with Crippen molar-refractivity contribution in [2.45, 2.75) is 51.4 Å². The van der Waals surface area contributed by atoms with Crippen molar-refractivity contribution in [3.8, 4) is 0 Å². The van der Waals surface area contributed by atoms with Gasteiger partial charge in [0.2, 0.25) is 0 Å². The SMILES string of the molecule is COC(=O)/C=C(\F)CCCCCCCCCCl. The number of carbonyl (C=O) groups excluding carboxylic acids is 1. The van der Waals surface area contributed by atoms with Crippen molar-refractivity contribution >= 4 is 17.6 Å². The molecule has 0 heterocycles. The first-order chi connectivity index (χ1) is 8.20. The highest BCUT2D eigenvalue weighted by Gasteiger charge is 2.00. The molecule has 0 bridgehead atoms. The average Bonchev–Trinajstić information content (AvgIpc) is 2.32. The lowest BCUT2D eigenvalue weighted by molar-refractivity contribution is -0.134. The van der Waals surface area contributed by atoms with Crippen molar-refractivity contribution in [1.29, 1.82) is 0 Å². The molecule has 0 aliphatic heterocycles. The Labute approximate surface area is 108 Å². The second-order valence-electron chi connectivity index (χ2n) is 4.03. The van der Waals surface area contributed by atoms with Gasteiger partial charge >= 0.3 is 5.97 Å². The van der Waals surface area contributed by atoms with Gasteiger partial charge in [-0.1, -0.05) is 32.1 Å². The van der Waals surface area contributed by atoms with Crippen molar-refractivity contribution in [2.75, 3.05) is 13.0 Å². The number of alkyl halides is 1. The molecule has 17 heavy (non-hydrogen) atoms. The Morgan fingerprint density at radius 3 is 2.18 bits per heavy atom. The van der Waals surface area contributed by atoms with Crippen LogP contribution in [0.25, 0.3) is 0 Å². The molecule has 0 spiro atoms. The third kappa shape index (κ3) is 11.7. The average molecular weight is 265 g/mol. The molecular formula is C13H22ClFO2. The molecule has 0 saturated carbocycles. The predicted octanol–water partition coefficient (Wildman–Crippen LogP) is 4.37. The van der Waals surface area contributed by atoms with Crippen molar-refractivity contribution in [3.05, 3.63) is 11.9 Å². The summed E-state index contributed by atoms with van der Waals surface area (Å²) in [7, 11) is 1.24. The molecule has 0 atom stereocenters. The van der Waals surface area contributed by atoms with E-state index in [9.17, 15) is 9.18 Å². The number of carbonyl (C=O) groups is 1. The molecular weight excluding hydrogens is 243 g/mol. The molecule has 0 aromatic rings. The van der Waals surface area contributed by atoms with E-state index in [0.717, 1.165) is 37.6 Å². The van der Waals surface area contributed by atoms with E-state index in [4.69, 9.17) is 11.6 Å². The second-order valence-corrected chi connectivity index (χ2v) is 4.41. The zero-order chi connectivity index (χ0) is 12.9. The zero-order valence-corrected chi connectivity index (χ0v) is 11.3. The lowest BCUT2D eigenvalue weighted by Gasteiger charge is -2.00. The summed E-state index contributed by atoms with van der Waals surface area (Å²) in [5.74, 6) is -0.272. The fourth-order valence-corrected chi connectivity index (χ4v) is 1.72. The van der Waals surface area contributed by atoms with Crippen LogP contribution in [0.3, 0.4) is 0 Å². The van der Waals surface area contributed by atoms with Crippen molar-refractivity contribution in [2.24, 2.45) is 0 Å². The van der Waals surface area contributed by atoms with Crippen LogP contribution in [0.1, 0.15) is 51.4 Å². The molecule has 0 aliphatic rings. The van der Waals surface area contributed by atoms with Crippen LogP contribution in [0.15, 0.2) is 11.9 Å². The Hall–Kier alpha value is -0.570. The summed E-state index contributed by atoms with van der Waals surface area (Å²) in [6, 6.07) is 0. The lowest BCUT2D eigenvalue weighted by atomic mass is 10.1. The number of hydrogen-bond acceptors (Lipinski definition) is 2. The summed E-state index contributed by atoms with van der Waals surface area (Å²) in [4.78, 5) is 10.7. The minimum absolute atomic E-state index is 0.330. The molecule has 2 nitrogen and oxygen atoms in total. The minimum Gasteiger partial charge on any atom is -0.466 e. The summed E-state index contributed by atoms with van der Waals surface area (Å²) >= 11 is 5.57. The monoisotopic (exact) mass is 264 g/mol. The molecule has 4 heteroatoms. The number of unbranched alkanes of at least 4 members (excludes halogenated alkanes) is 6. The molecule has 0 aromatic heterocycles. The molecule has 0 unspecified atom stereocenters. The second kappa shape index (κ2) is 11.9. The van der Waals surface area contributed by atoms with Crippen molar-refractivity contribution < 1.29 is 13.9 Å². The summed E-state index contributed by atoms with van der Waals surface area (Å²) in [5, 5.41) is 0. The van der Waals surface area contributed by atoms with Gasteiger partial charge in [-0.3, -0.25) is 0 Å². The van der Waals surface area contributed by atoms with E-state index < -0.39 is 5.97 Å². The van der Waals surface area contributed by atoms with Gasteiger partial charge in [0.05, 0.1) is 13.2 Å². The van der Waals surface area contributed by atoms with Gasteiger partial charge in [-0.2, -0.15) is 0 Å². The highest BCUT2D eigenvalue weighted by atomic mass is 35.5. The maximum absolute atomic E-state index is 13.1. The van der Waals surface area contributed by atoms with Gasteiger partial charge in [0, 0.05) is 5.88 Å². The Kier molecular flexibility index (Phi) is 11.5. The van der Waals surface area contributed by atoms with E-state index in [-0.39, 0.29) is 5.83 Å². The first-order valence-electron chi connectivity index (χ1n) is 6.20. The van der Waals surface area contributed by atoms with Crippen molar-refractivity contribution in [1.82, 2.24) is 0 Å². The molecule has 0 amide bonds. The third-order valence-electron chi connectivity index (χ3n) is 2.52. The van der Waals surface area contributed by atoms with Gasteiger partial charge in [-0.05, 0) is 19.3 Å². The molecule has 0 rings (SSSR count). The topological polar surface area (TPSA) is 26.3 Å². The Bertz CT molecular complexity index is 229. The number of rotatable bonds is 10. The number of ether oxygens (including phenoxy) is 1. The van der Waals surface area contributed by atoms with E-state index in [1.54, 1.807) is 0 Å². The fourth-order valence-electron chi connectivity index (χ4n) is 1.53. The maximum atomic E-state index is 13.1. The van der Waals surface area contributed by atoms with E-state index in [1.165, 1.54) is 26.4 Å². The summed E-state index contributed by atoms with van der Waals surface area (Å²) in [6.45, 7) is 0. The quantitative estimate of drug-likeness (QED) is 0.253. The molecule has 0 aliphatic carbocycles. The largest absolute Gasteiger partial charge is 0.466 e. The molecule has 100 valence electrons. The molecule has 0 fully saturated rings. The molecule has 0 saturated heterocycles. The van der Waals surface area contributed by atoms with Crippen LogP contribution < -0.4 is 0 Å². The van der Waals surface area contributed by atoms with Crippen molar-refractivity contribution in [3.63, 3.8) is 0 Å². The fraction of sp³-hybridized carbons (Fsp3) is 0.769. The zero-order valence-electron chi connectivity index (χ0n) is 10.5. The van der Waals surface area contributed by atoms with E-state index in [2.05, 4.69) is 4.74 Å². The van der Waals surface area contributed by atoms with Crippen LogP contribution >= 0.6 is 11.6 Å². The molecule has 0 N–H and O–H groups in total. The van der Waals surface area contributed by atoms with Gasteiger partial charge in [0.15, 0.2) is 0 Å². The highest BCUT2D eigenvalue weighted by Crippen LogP contribution is 2.13. The Morgan fingerprint density at radius 2 is 1.65 bits per heavy atom. The number of allylic oxidation sites excluding steroid dienone is 1. The summed E-state index contributed by atoms with van der Waals surface area (Å²) < 4.78 is 17.4. The van der Waals surface area contributed by atoms with Crippen LogP contribution in [0.4, 0.5) is 4.39 Å². The number of halogens is 2. The van der Waals surface area contributed by atoms with Crippen LogP contribution in [0, 0.1) is 0 Å². The highest BCUT2D eigenvalue weighted by molar-refractivity contribution is 6.17. The van der Waals surface area contributed by atoms with Crippen LogP contribution in [0.2, 0.25) is 0 Å². The first kappa shape index (κ1) is 16.4. The van der Waals surface area contributed by atoms with E-state index in [1.807, 2.05) is 0 Å². The van der Waals surface area contributed by atoms with Gasteiger partial charge in [0.1, 0.15) is 5.83 Å². The summed E-state index contributed by atoms with van der Waals surface area (Å²) in [5.41, 5.74) is 0. The van der Waals surface area contributed by atoms with E-state index in [0.29, 0.717) is 6.42 Å². The number of esters is 1. The van der Waals surface area contributed by atoms with Crippen LogP contribution in [0.5, 0.6) is 0 Å². The normalized spacial score (nSPS) is 11.6. The van der Waals surface area contributed by atoms with Crippen LogP contribution in [-0.4, -0.2) is 19.0 Å².